The summed E-state index contributed by atoms with van der Waals surface area (Å²) in [7, 11) is 4.17. The largest absolute Gasteiger partial charge is 0.338 e. The predicted molar refractivity (Wildman–Crippen MR) is 120 cm³/mol. The Hall–Kier alpha value is -3.18. The molecule has 1 heterocycles. The number of carbonyl (C=O) groups is 1. The summed E-state index contributed by atoms with van der Waals surface area (Å²) in [5, 5.41) is 6.46. The summed E-state index contributed by atoms with van der Waals surface area (Å²) in [5.74, 6) is 0.498. The van der Waals surface area contributed by atoms with Gasteiger partial charge in [-0.2, -0.15) is 0 Å². The maximum Gasteiger partial charge on any atom is 0.255 e. The van der Waals surface area contributed by atoms with Crippen molar-refractivity contribution in [3.8, 4) is 0 Å². The zero-order chi connectivity index (χ0) is 20.6. The molecule has 0 bridgehead atoms. The van der Waals surface area contributed by atoms with Crippen molar-refractivity contribution < 1.29 is 4.79 Å². The number of para-hydroxylation sites is 1. The molecule has 0 aliphatic heterocycles. The summed E-state index contributed by atoms with van der Waals surface area (Å²) in [6.45, 7) is 3.01. The van der Waals surface area contributed by atoms with Gasteiger partial charge in [-0.1, -0.05) is 36.4 Å². The van der Waals surface area contributed by atoms with Gasteiger partial charge in [0, 0.05) is 17.4 Å². The summed E-state index contributed by atoms with van der Waals surface area (Å²) < 4.78 is 0. The summed E-state index contributed by atoms with van der Waals surface area (Å²) in [6.07, 6.45) is 3.80. The molecule has 0 radical (unpaired) electrons. The van der Waals surface area contributed by atoms with Crippen molar-refractivity contribution >= 4 is 23.1 Å². The molecule has 3 aromatic rings. The Bertz CT molecular complexity index is 954. The van der Waals surface area contributed by atoms with Crippen LogP contribution in [0.25, 0.3) is 0 Å². The predicted octanol–water partition coefficient (Wildman–Crippen LogP) is 4.88. The van der Waals surface area contributed by atoms with Crippen molar-refractivity contribution in [3.63, 3.8) is 0 Å². The normalized spacial score (nSPS) is 10.8. The van der Waals surface area contributed by atoms with Crippen molar-refractivity contribution in [1.29, 1.82) is 0 Å². The van der Waals surface area contributed by atoms with Crippen molar-refractivity contribution in [1.82, 2.24) is 9.88 Å². The maximum atomic E-state index is 12.7. The Kier molecular flexibility index (Phi) is 6.98. The van der Waals surface area contributed by atoms with Crippen molar-refractivity contribution in [3.05, 3.63) is 83.6 Å². The van der Waals surface area contributed by atoms with Gasteiger partial charge in [0.05, 0.1) is 5.69 Å². The van der Waals surface area contributed by atoms with Crippen LogP contribution in [0.4, 0.5) is 17.2 Å². The van der Waals surface area contributed by atoms with E-state index in [1.54, 1.807) is 18.3 Å². The smallest absolute Gasteiger partial charge is 0.255 e. The average Bonchev–Trinajstić information content (AvgIpc) is 2.72. The number of benzene rings is 2. The quantitative estimate of drug-likeness (QED) is 0.577. The molecule has 0 saturated heterocycles. The third-order valence-corrected chi connectivity index (χ3v) is 4.76. The van der Waals surface area contributed by atoms with Crippen LogP contribution >= 0.6 is 0 Å². The van der Waals surface area contributed by atoms with Crippen LogP contribution in [0.1, 0.15) is 27.9 Å². The number of aromatic nitrogens is 1. The molecule has 2 aromatic carbocycles. The van der Waals surface area contributed by atoms with Gasteiger partial charge in [-0.3, -0.25) is 4.79 Å². The van der Waals surface area contributed by atoms with Gasteiger partial charge < -0.3 is 15.5 Å². The number of nitrogens with zero attached hydrogens (tertiary/aromatic N) is 2. The lowest BCUT2D eigenvalue weighted by Gasteiger charge is -2.17. The Morgan fingerprint density at radius 3 is 2.48 bits per heavy atom. The average molecular weight is 389 g/mol. The first kappa shape index (κ1) is 20.6. The highest BCUT2D eigenvalue weighted by Gasteiger charge is 2.13. The summed E-state index contributed by atoms with van der Waals surface area (Å²) in [6, 6.07) is 19.4. The number of aryl methyl sites for hydroxylation is 2. The minimum absolute atomic E-state index is 0.149. The summed E-state index contributed by atoms with van der Waals surface area (Å²) in [5.41, 5.74) is 4.52. The van der Waals surface area contributed by atoms with Gasteiger partial charge in [0.1, 0.15) is 0 Å². The van der Waals surface area contributed by atoms with Crippen LogP contribution in [-0.4, -0.2) is 36.4 Å². The monoisotopic (exact) mass is 388 g/mol. The van der Waals surface area contributed by atoms with Crippen LogP contribution in [-0.2, 0) is 6.42 Å². The highest BCUT2D eigenvalue weighted by atomic mass is 16.1. The fraction of sp³-hybridized carbons (Fsp3) is 0.250. The molecule has 2 N–H and O–H groups in total. The van der Waals surface area contributed by atoms with Gasteiger partial charge in [-0.05, 0) is 75.8 Å². The number of hydrogen-bond acceptors (Lipinski definition) is 4. The molecule has 29 heavy (non-hydrogen) atoms. The van der Waals surface area contributed by atoms with Crippen molar-refractivity contribution in [2.45, 2.75) is 19.8 Å². The van der Waals surface area contributed by atoms with Crippen molar-refractivity contribution in [2.24, 2.45) is 0 Å². The van der Waals surface area contributed by atoms with E-state index < -0.39 is 0 Å². The van der Waals surface area contributed by atoms with Gasteiger partial charge in [-0.25, -0.2) is 4.98 Å². The highest BCUT2D eigenvalue weighted by Crippen LogP contribution is 2.29. The lowest BCUT2D eigenvalue weighted by atomic mass is 10.1. The van der Waals surface area contributed by atoms with Crippen molar-refractivity contribution in [2.75, 3.05) is 31.3 Å². The molecule has 5 nitrogen and oxygen atoms in total. The topological polar surface area (TPSA) is 57.3 Å². The van der Waals surface area contributed by atoms with E-state index >= 15 is 0 Å². The van der Waals surface area contributed by atoms with E-state index in [4.69, 9.17) is 0 Å². The summed E-state index contributed by atoms with van der Waals surface area (Å²) in [4.78, 5) is 19.4. The zero-order valence-electron chi connectivity index (χ0n) is 17.3. The Balaban J connectivity index is 1.82. The first-order chi connectivity index (χ1) is 14.0. The summed E-state index contributed by atoms with van der Waals surface area (Å²) >= 11 is 0. The molecule has 150 valence electrons. The molecule has 5 heteroatoms. The van der Waals surface area contributed by atoms with Crippen LogP contribution in [0, 0.1) is 6.92 Å². The Morgan fingerprint density at radius 1 is 1.00 bits per heavy atom. The van der Waals surface area contributed by atoms with Gasteiger partial charge in [-0.15, -0.1) is 0 Å². The minimum atomic E-state index is -0.149. The molecule has 0 atom stereocenters. The van der Waals surface area contributed by atoms with E-state index in [0.717, 1.165) is 30.6 Å². The second kappa shape index (κ2) is 9.85. The Labute approximate surface area is 172 Å². The number of carbonyl (C=O) groups excluding carboxylic acids is 1. The van der Waals surface area contributed by atoms with E-state index in [2.05, 4.69) is 52.8 Å². The SMILES string of the molecule is Cc1ccnc(Nc2ccccc2CCCN(C)C)c1NC(=O)c1ccccc1. The van der Waals surface area contributed by atoms with Gasteiger partial charge in [0.25, 0.3) is 5.91 Å². The third kappa shape index (κ3) is 5.65. The number of nitrogens with one attached hydrogen (secondary N) is 2. The van der Waals surface area contributed by atoms with Crippen LogP contribution in [0.2, 0.25) is 0 Å². The van der Waals surface area contributed by atoms with E-state index in [1.165, 1.54) is 5.56 Å². The molecule has 0 spiro atoms. The van der Waals surface area contributed by atoms with E-state index in [0.29, 0.717) is 17.1 Å². The maximum absolute atomic E-state index is 12.7. The van der Waals surface area contributed by atoms with Crippen LogP contribution in [0.5, 0.6) is 0 Å². The first-order valence-electron chi connectivity index (χ1n) is 9.86. The molecule has 1 amide bonds. The number of hydrogen-bond donors (Lipinski definition) is 2. The standard InChI is InChI=1S/C24H28N4O/c1-18-15-16-25-23(22(18)27-24(29)20-11-5-4-6-12-20)26-21-14-8-7-10-19(21)13-9-17-28(2)3/h4-8,10-12,14-16H,9,13,17H2,1-3H3,(H,25,26)(H,27,29). The van der Waals surface area contributed by atoms with Gasteiger partial charge >= 0.3 is 0 Å². The second-order valence-electron chi connectivity index (χ2n) is 7.36. The van der Waals surface area contributed by atoms with Gasteiger partial charge in [0.2, 0.25) is 0 Å². The number of rotatable bonds is 8. The molecule has 3 rings (SSSR count). The molecular weight excluding hydrogens is 360 g/mol. The highest BCUT2D eigenvalue weighted by molar-refractivity contribution is 6.06. The van der Waals surface area contributed by atoms with Crippen LogP contribution in [0.3, 0.4) is 0 Å². The molecule has 0 unspecified atom stereocenters. The Morgan fingerprint density at radius 2 is 1.72 bits per heavy atom. The molecule has 0 fully saturated rings. The lowest BCUT2D eigenvalue weighted by Crippen LogP contribution is -2.15. The van der Waals surface area contributed by atoms with Crippen LogP contribution in [0.15, 0.2) is 66.9 Å². The molecule has 0 aliphatic carbocycles. The molecule has 1 aromatic heterocycles. The molecular formula is C24H28N4O. The fourth-order valence-electron chi connectivity index (χ4n) is 3.16. The van der Waals surface area contributed by atoms with Gasteiger partial charge in [0.15, 0.2) is 5.82 Å². The fourth-order valence-corrected chi connectivity index (χ4v) is 3.16. The van der Waals surface area contributed by atoms with E-state index in [-0.39, 0.29) is 5.91 Å². The lowest BCUT2D eigenvalue weighted by molar-refractivity contribution is 0.102. The van der Waals surface area contributed by atoms with E-state index in [1.807, 2.05) is 37.3 Å². The first-order valence-corrected chi connectivity index (χ1v) is 9.86. The second-order valence-corrected chi connectivity index (χ2v) is 7.36. The molecule has 0 aliphatic rings. The third-order valence-electron chi connectivity index (χ3n) is 4.76. The van der Waals surface area contributed by atoms with Crippen LogP contribution < -0.4 is 10.6 Å². The minimum Gasteiger partial charge on any atom is -0.338 e. The zero-order valence-corrected chi connectivity index (χ0v) is 17.3. The van der Waals surface area contributed by atoms with E-state index in [9.17, 15) is 4.79 Å². The number of pyridine rings is 1. The number of amides is 1. The number of anilines is 3. The molecule has 0 saturated carbocycles.